The molecule has 2 aromatic heterocycles. The van der Waals surface area contributed by atoms with Crippen molar-refractivity contribution in [3.63, 3.8) is 0 Å². The third-order valence-electron chi connectivity index (χ3n) is 1.81. The molecule has 0 saturated carbocycles. The molecule has 0 saturated heterocycles. The van der Waals surface area contributed by atoms with Crippen LogP contribution in [-0.2, 0) is 7.05 Å². The van der Waals surface area contributed by atoms with Crippen LogP contribution in [-0.4, -0.2) is 19.7 Å². The van der Waals surface area contributed by atoms with Crippen molar-refractivity contribution in [2.45, 2.75) is 0 Å². The minimum absolute atomic E-state index is 0.229. The summed E-state index contributed by atoms with van der Waals surface area (Å²) >= 11 is 5.73. The first-order valence-electron chi connectivity index (χ1n) is 4.09. The van der Waals surface area contributed by atoms with Crippen LogP contribution in [0.15, 0.2) is 18.6 Å². The van der Waals surface area contributed by atoms with Crippen LogP contribution in [0.25, 0.3) is 16.1 Å². The number of aromatic nitrogens is 4. The first-order chi connectivity index (χ1) is 7.20. The minimum atomic E-state index is 0.229. The molecule has 74 valence electrons. The summed E-state index contributed by atoms with van der Waals surface area (Å²) in [4.78, 5) is 11.2. The maximum absolute atomic E-state index is 6.96. The molecule has 2 aromatic rings. The van der Waals surface area contributed by atoms with Crippen LogP contribution < -0.4 is 0 Å². The van der Waals surface area contributed by atoms with Gasteiger partial charge in [0.1, 0.15) is 5.69 Å². The van der Waals surface area contributed by atoms with Gasteiger partial charge in [-0.2, -0.15) is 5.10 Å². The number of aryl methyl sites for hydroxylation is 1. The Hall–Kier alpha value is -1.93. The molecule has 0 fully saturated rings. The molecule has 0 unspecified atom stereocenters. The highest BCUT2D eigenvalue weighted by molar-refractivity contribution is 6.29. The fraction of sp³-hybridized carbons (Fsp3) is 0.111. The standard InChI is InChI=1S/C9H6ClN5/c1-11-9-8(14-7(10)4-12-9)6-3-13-15(2)5-6/h3-5H,2H3. The molecule has 6 heteroatoms. The molecule has 5 nitrogen and oxygen atoms in total. The van der Waals surface area contributed by atoms with Crippen molar-refractivity contribution in [2.24, 2.45) is 7.05 Å². The molecule has 0 aliphatic heterocycles. The molecular weight excluding hydrogens is 214 g/mol. The van der Waals surface area contributed by atoms with Crippen molar-refractivity contribution in [2.75, 3.05) is 0 Å². The van der Waals surface area contributed by atoms with E-state index in [-0.39, 0.29) is 11.0 Å². The summed E-state index contributed by atoms with van der Waals surface area (Å²) in [7, 11) is 1.79. The van der Waals surface area contributed by atoms with Crippen LogP contribution in [0.2, 0.25) is 5.15 Å². The van der Waals surface area contributed by atoms with E-state index < -0.39 is 0 Å². The monoisotopic (exact) mass is 219 g/mol. The van der Waals surface area contributed by atoms with Gasteiger partial charge in [-0.05, 0) is 0 Å². The number of nitrogens with zero attached hydrogens (tertiary/aromatic N) is 5. The Morgan fingerprint density at radius 1 is 1.47 bits per heavy atom. The molecule has 2 heterocycles. The number of halogens is 1. The molecule has 0 bridgehead atoms. The molecule has 2 rings (SSSR count). The second-order valence-corrected chi connectivity index (χ2v) is 3.27. The van der Waals surface area contributed by atoms with Crippen LogP contribution in [0, 0.1) is 6.57 Å². The lowest BCUT2D eigenvalue weighted by Crippen LogP contribution is -1.87. The normalized spacial score (nSPS) is 9.93. The third kappa shape index (κ3) is 1.80. The van der Waals surface area contributed by atoms with Crippen molar-refractivity contribution in [1.82, 2.24) is 19.7 Å². The van der Waals surface area contributed by atoms with E-state index in [9.17, 15) is 0 Å². The second kappa shape index (κ2) is 3.67. The zero-order chi connectivity index (χ0) is 10.8. The van der Waals surface area contributed by atoms with E-state index in [4.69, 9.17) is 18.2 Å². The topological polar surface area (TPSA) is 48.0 Å². The lowest BCUT2D eigenvalue weighted by atomic mass is 10.2. The average molecular weight is 220 g/mol. The van der Waals surface area contributed by atoms with Gasteiger partial charge < -0.3 is 4.85 Å². The van der Waals surface area contributed by atoms with Gasteiger partial charge in [0.15, 0.2) is 11.3 Å². The predicted molar refractivity (Wildman–Crippen MR) is 55.5 cm³/mol. The molecule has 15 heavy (non-hydrogen) atoms. The summed E-state index contributed by atoms with van der Waals surface area (Å²) in [5.41, 5.74) is 1.20. The van der Waals surface area contributed by atoms with Gasteiger partial charge in [0.2, 0.25) is 0 Å². The summed E-state index contributed by atoms with van der Waals surface area (Å²) in [5.74, 6) is 0.229. The van der Waals surface area contributed by atoms with Crippen molar-refractivity contribution in [3.8, 4) is 11.3 Å². The Labute approximate surface area is 91.2 Å². The van der Waals surface area contributed by atoms with Gasteiger partial charge in [0.25, 0.3) is 5.82 Å². The van der Waals surface area contributed by atoms with Crippen molar-refractivity contribution in [3.05, 3.63) is 35.2 Å². The minimum Gasteiger partial charge on any atom is -0.359 e. The van der Waals surface area contributed by atoms with E-state index in [2.05, 4.69) is 19.9 Å². The largest absolute Gasteiger partial charge is 0.359 e. The molecule has 0 aliphatic carbocycles. The summed E-state index contributed by atoms with van der Waals surface area (Å²) in [5, 5.41) is 4.27. The Kier molecular flexibility index (Phi) is 2.35. The zero-order valence-corrected chi connectivity index (χ0v) is 8.60. The smallest absolute Gasteiger partial charge is 0.296 e. The zero-order valence-electron chi connectivity index (χ0n) is 7.85. The summed E-state index contributed by atoms with van der Waals surface area (Å²) in [6.07, 6.45) is 4.73. The Balaban J connectivity index is 2.61. The Morgan fingerprint density at radius 3 is 2.87 bits per heavy atom. The van der Waals surface area contributed by atoms with Gasteiger partial charge in [-0.15, -0.1) is 4.98 Å². The van der Waals surface area contributed by atoms with Gasteiger partial charge in [0, 0.05) is 18.8 Å². The molecule has 0 aromatic carbocycles. The first kappa shape index (κ1) is 9.62. The maximum Gasteiger partial charge on any atom is 0.296 e. The highest BCUT2D eigenvalue weighted by Gasteiger charge is 2.11. The van der Waals surface area contributed by atoms with Gasteiger partial charge in [-0.1, -0.05) is 18.2 Å². The van der Waals surface area contributed by atoms with Crippen LogP contribution in [0.4, 0.5) is 5.82 Å². The van der Waals surface area contributed by atoms with E-state index in [1.165, 1.54) is 6.20 Å². The SMILES string of the molecule is [C-]#[N+]c1ncc(Cl)nc1-c1cnn(C)c1. The van der Waals surface area contributed by atoms with Gasteiger partial charge >= 0.3 is 0 Å². The fourth-order valence-electron chi connectivity index (χ4n) is 1.18. The Bertz CT molecular complexity index is 540. The van der Waals surface area contributed by atoms with Crippen LogP contribution in [0.1, 0.15) is 0 Å². The van der Waals surface area contributed by atoms with Crippen LogP contribution in [0.3, 0.4) is 0 Å². The van der Waals surface area contributed by atoms with E-state index in [0.717, 1.165) is 5.56 Å². The van der Waals surface area contributed by atoms with Gasteiger partial charge in [-0.25, -0.2) is 4.98 Å². The van der Waals surface area contributed by atoms with Gasteiger partial charge in [-0.3, -0.25) is 4.68 Å². The summed E-state index contributed by atoms with van der Waals surface area (Å²) in [6.45, 7) is 6.96. The lowest BCUT2D eigenvalue weighted by molar-refractivity contribution is 0.768. The van der Waals surface area contributed by atoms with Crippen LogP contribution >= 0.6 is 11.6 Å². The van der Waals surface area contributed by atoms with E-state index in [1.807, 2.05) is 0 Å². The van der Waals surface area contributed by atoms with Crippen LogP contribution in [0.5, 0.6) is 0 Å². The van der Waals surface area contributed by atoms with Crippen molar-refractivity contribution in [1.29, 1.82) is 0 Å². The highest BCUT2D eigenvalue weighted by atomic mass is 35.5. The molecule has 0 spiro atoms. The first-order valence-corrected chi connectivity index (χ1v) is 4.47. The second-order valence-electron chi connectivity index (χ2n) is 2.88. The van der Waals surface area contributed by atoms with E-state index >= 15 is 0 Å². The molecule has 0 radical (unpaired) electrons. The summed E-state index contributed by atoms with van der Waals surface area (Å²) in [6, 6.07) is 0. The molecule has 0 aliphatic rings. The van der Waals surface area contributed by atoms with Gasteiger partial charge in [0.05, 0.1) is 6.20 Å². The highest BCUT2D eigenvalue weighted by Crippen LogP contribution is 2.26. The van der Waals surface area contributed by atoms with E-state index in [0.29, 0.717) is 5.69 Å². The molecule has 0 atom stereocenters. The predicted octanol–water partition coefficient (Wildman–Crippen LogP) is 2.08. The summed E-state index contributed by atoms with van der Waals surface area (Å²) < 4.78 is 1.63. The fourth-order valence-corrected chi connectivity index (χ4v) is 1.31. The van der Waals surface area contributed by atoms with Crippen molar-refractivity contribution < 1.29 is 0 Å². The molecular formula is C9H6ClN5. The average Bonchev–Trinajstić information content (AvgIpc) is 2.65. The number of hydrogen-bond donors (Lipinski definition) is 0. The number of hydrogen-bond acceptors (Lipinski definition) is 3. The quantitative estimate of drug-likeness (QED) is 0.690. The van der Waals surface area contributed by atoms with E-state index in [1.54, 1.807) is 24.1 Å². The molecule has 0 N–H and O–H groups in total. The number of rotatable bonds is 1. The van der Waals surface area contributed by atoms with Crippen molar-refractivity contribution >= 4 is 17.4 Å². The maximum atomic E-state index is 6.96. The lowest BCUT2D eigenvalue weighted by Gasteiger charge is -1.98. The third-order valence-corrected chi connectivity index (χ3v) is 1.99. The molecule has 0 amide bonds. The Morgan fingerprint density at radius 2 is 2.27 bits per heavy atom.